The number of hydrogen-bond donors (Lipinski definition) is 2. The minimum Gasteiger partial charge on any atom is -0.479 e. The predicted octanol–water partition coefficient (Wildman–Crippen LogP) is 2.77. The number of benzene rings is 2. The molecule has 136 valence electrons. The highest BCUT2D eigenvalue weighted by Crippen LogP contribution is 2.33. The number of nitro groups is 1. The van der Waals surface area contributed by atoms with Gasteiger partial charge in [-0.25, -0.2) is 8.42 Å². The largest absolute Gasteiger partial charge is 0.479 e. The fourth-order valence-corrected chi connectivity index (χ4v) is 3.55. The van der Waals surface area contributed by atoms with Crippen LogP contribution in [-0.2, 0) is 14.8 Å². The smallest absolute Gasteiger partial charge is 0.289 e. The third-order valence-corrected chi connectivity index (χ3v) is 5.29. The molecule has 26 heavy (non-hydrogen) atoms. The molecule has 0 radical (unpaired) electrons. The topological polar surface area (TPSA) is 128 Å². The first-order valence-electron chi connectivity index (χ1n) is 7.26. The van der Waals surface area contributed by atoms with Crippen LogP contribution < -0.4 is 14.8 Å². The van der Waals surface area contributed by atoms with E-state index in [4.69, 9.17) is 16.3 Å². The molecule has 2 aromatic carbocycles. The molecule has 0 aliphatic carbocycles. The van der Waals surface area contributed by atoms with Gasteiger partial charge in [-0.1, -0.05) is 11.6 Å². The molecule has 0 saturated carbocycles. The lowest BCUT2D eigenvalue weighted by Crippen LogP contribution is -2.34. The lowest BCUT2D eigenvalue weighted by molar-refractivity contribution is -0.384. The first kappa shape index (κ1) is 18.0. The number of ether oxygens (including phenoxy) is 1. The first-order valence-corrected chi connectivity index (χ1v) is 9.12. The Morgan fingerprint density at radius 3 is 2.69 bits per heavy atom. The Bertz CT molecular complexity index is 1020. The number of hydrogen-bond acceptors (Lipinski definition) is 6. The second kappa shape index (κ2) is 6.46. The van der Waals surface area contributed by atoms with E-state index in [1.807, 2.05) is 0 Å². The number of fused-ring (bicyclic) bond motifs is 1. The van der Waals surface area contributed by atoms with Crippen LogP contribution in [0.1, 0.15) is 6.92 Å². The zero-order valence-electron chi connectivity index (χ0n) is 13.2. The number of anilines is 2. The Labute approximate surface area is 153 Å². The average molecular weight is 398 g/mol. The average Bonchev–Trinajstić information content (AvgIpc) is 2.56. The van der Waals surface area contributed by atoms with Crippen molar-refractivity contribution in [3.63, 3.8) is 0 Å². The molecule has 1 atom stereocenters. The van der Waals surface area contributed by atoms with Crippen LogP contribution in [0, 0.1) is 10.1 Å². The molecule has 3 rings (SSSR count). The summed E-state index contributed by atoms with van der Waals surface area (Å²) in [5, 5.41) is 13.4. The van der Waals surface area contributed by atoms with Crippen molar-refractivity contribution in [1.29, 1.82) is 0 Å². The Hall–Kier alpha value is -2.85. The Kier molecular flexibility index (Phi) is 4.46. The maximum atomic E-state index is 12.5. The van der Waals surface area contributed by atoms with Crippen LogP contribution in [-0.4, -0.2) is 25.4 Å². The van der Waals surface area contributed by atoms with Crippen molar-refractivity contribution in [2.75, 3.05) is 10.0 Å². The molecule has 0 spiro atoms. The molecule has 11 heteroatoms. The fraction of sp³-hybridized carbons (Fsp3) is 0.133. The van der Waals surface area contributed by atoms with Crippen LogP contribution in [0.15, 0.2) is 41.3 Å². The van der Waals surface area contributed by atoms with Crippen molar-refractivity contribution in [3.05, 3.63) is 51.5 Å². The summed E-state index contributed by atoms with van der Waals surface area (Å²) in [6.45, 7) is 1.57. The number of nitrogens with zero attached hydrogens (tertiary/aromatic N) is 1. The summed E-state index contributed by atoms with van der Waals surface area (Å²) in [7, 11) is -4.06. The van der Waals surface area contributed by atoms with Crippen LogP contribution in [0.2, 0.25) is 5.02 Å². The molecule has 0 fully saturated rings. The van der Waals surface area contributed by atoms with Crippen LogP contribution in [0.5, 0.6) is 5.75 Å². The number of carbonyl (C=O) groups is 1. The van der Waals surface area contributed by atoms with Gasteiger partial charge in [0.05, 0.1) is 21.2 Å². The van der Waals surface area contributed by atoms with Gasteiger partial charge in [0.2, 0.25) is 0 Å². The highest BCUT2D eigenvalue weighted by molar-refractivity contribution is 7.92. The summed E-state index contributed by atoms with van der Waals surface area (Å²) >= 11 is 5.71. The molecule has 2 N–H and O–H groups in total. The number of nitro benzene ring substituents is 1. The summed E-state index contributed by atoms with van der Waals surface area (Å²) < 4.78 is 32.7. The van der Waals surface area contributed by atoms with Gasteiger partial charge >= 0.3 is 0 Å². The van der Waals surface area contributed by atoms with Crippen LogP contribution in [0.3, 0.4) is 0 Å². The van der Waals surface area contributed by atoms with Gasteiger partial charge in [-0.15, -0.1) is 0 Å². The second-order valence-corrected chi connectivity index (χ2v) is 7.53. The van der Waals surface area contributed by atoms with Crippen molar-refractivity contribution in [2.24, 2.45) is 0 Å². The number of rotatable bonds is 4. The van der Waals surface area contributed by atoms with Crippen LogP contribution in [0.25, 0.3) is 0 Å². The van der Waals surface area contributed by atoms with E-state index in [1.165, 1.54) is 30.3 Å². The van der Waals surface area contributed by atoms with Gasteiger partial charge in [0.1, 0.15) is 10.8 Å². The quantitative estimate of drug-likeness (QED) is 0.603. The molecule has 1 amide bonds. The van der Waals surface area contributed by atoms with E-state index in [-0.39, 0.29) is 21.3 Å². The minimum absolute atomic E-state index is 0.0206. The Morgan fingerprint density at radius 2 is 2.00 bits per heavy atom. The van der Waals surface area contributed by atoms with Gasteiger partial charge < -0.3 is 10.1 Å². The number of halogens is 1. The zero-order valence-corrected chi connectivity index (χ0v) is 14.8. The van der Waals surface area contributed by atoms with E-state index in [0.29, 0.717) is 5.75 Å². The van der Waals surface area contributed by atoms with Gasteiger partial charge in [-0.3, -0.25) is 19.6 Å². The van der Waals surface area contributed by atoms with Crippen molar-refractivity contribution in [3.8, 4) is 5.75 Å². The summed E-state index contributed by atoms with van der Waals surface area (Å²) in [6, 6.07) is 7.51. The second-order valence-electron chi connectivity index (χ2n) is 5.44. The number of amides is 1. The first-order chi connectivity index (χ1) is 12.2. The van der Waals surface area contributed by atoms with Gasteiger partial charge in [0, 0.05) is 6.07 Å². The predicted molar refractivity (Wildman–Crippen MR) is 94.1 cm³/mol. The molecule has 0 aromatic heterocycles. The molecule has 9 nitrogen and oxygen atoms in total. The zero-order chi connectivity index (χ0) is 19.1. The molecule has 1 aliphatic heterocycles. The monoisotopic (exact) mass is 397 g/mol. The molecular weight excluding hydrogens is 386 g/mol. The molecular formula is C15H12ClN3O6S. The highest BCUT2D eigenvalue weighted by atomic mass is 35.5. The molecule has 1 aliphatic rings. The van der Waals surface area contributed by atoms with Crippen molar-refractivity contribution in [2.45, 2.75) is 17.9 Å². The molecule has 1 heterocycles. The van der Waals surface area contributed by atoms with E-state index >= 15 is 0 Å². The SMILES string of the molecule is CC1Oc2ccc(S(=O)(=O)Nc3ccc(Cl)c([N+](=O)[O-])c3)cc2NC1=O. The standard InChI is InChI=1S/C15H12ClN3O6S/c1-8-15(20)17-12-7-10(3-5-14(12)25-8)26(23,24)18-9-2-4-11(16)13(6-9)19(21)22/h2-8,18H,1H3,(H,17,20). The van der Waals surface area contributed by atoms with E-state index in [1.54, 1.807) is 6.92 Å². The molecule has 0 saturated heterocycles. The third kappa shape index (κ3) is 3.41. The minimum atomic E-state index is -4.06. The van der Waals surface area contributed by atoms with E-state index < -0.39 is 32.6 Å². The van der Waals surface area contributed by atoms with Gasteiger partial charge in [0.25, 0.3) is 21.6 Å². The van der Waals surface area contributed by atoms with Crippen molar-refractivity contribution >= 4 is 44.6 Å². The van der Waals surface area contributed by atoms with Gasteiger partial charge in [-0.2, -0.15) is 0 Å². The Balaban J connectivity index is 1.92. The molecule has 1 unspecified atom stereocenters. The van der Waals surface area contributed by atoms with Crippen LogP contribution >= 0.6 is 11.6 Å². The number of nitrogens with one attached hydrogen (secondary N) is 2. The summed E-state index contributed by atoms with van der Waals surface area (Å²) in [6.07, 6.45) is -0.683. The van der Waals surface area contributed by atoms with Crippen molar-refractivity contribution in [1.82, 2.24) is 0 Å². The molecule has 2 aromatic rings. The normalized spacial score (nSPS) is 16.2. The van der Waals surface area contributed by atoms with E-state index in [9.17, 15) is 23.3 Å². The van der Waals surface area contributed by atoms with Crippen LogP contribution in [0.4, 0.5) is 17.1 Å². The number of carbonyl (C=O) groups excluding carboxylic acids is 1. The summed E-state index contributed by atoms with van der Waals surface area (Å²) in [4.78, 5) is 21.7. The van der Waals surface area contributed by atoms with Crippen molar-refractivity contribution < 1.29 is 22.9 Å². The van der Waals surface area contributed by atoms with Gasteiger partial charge in [0.15, 0.2) is 6.10 Å². The number of sulfonamides is 1. The van der Waals surface area contributed by atoms with E-state index in [2.05, 4.69) is 10.0 Å². The van der Waals surface area contributed by atoms with E-state index in [0.717, 1.165) is 6.07 Å². The van der Waals surface area contributed by atoms with Gasteiger partial charge in [-0.05, 0) is 37.3 Å². The lowest BCUT2D eigenvalue weighted by Gasteiger charge is -2.23. The summed E-state index contributed by atoms with van der Waals surface area (Å²) in [5.41, 5.74) is -0.224. The third-order valence-electron chi connectivity index (χ3n) is 3.59. The highest BCUT2D eigenvalue weighted by Gasteiger charge is 2.26. The maximum absolute atomic E-state index is 12.5. The lowest BCUT2D eigenvalue weighted by atomic mass is 10.2. The summed E-state index contributed by atoms with van der Waals surface area (Å²) in [5.74, 6) is -0.0495. The molecule has 0 bridgehead atoms. The fourth-order valence-electron chi connectivity index (χ4n) is 2.29. The Morgan fingerprint density at radius 1 is 1.27 bits per heavy atom. The maximum Gasteiger partial charge on any atom is 0.289 e.